The summed E-state index contributed by atoms with van der Waals surface area (Å²) in [6, 6.07) is 8.93. The fraction of sp³-hybridized carbons (Fsp3) is 0.600. The minimum absolute atomic E-state index is 0.602. The topological polar surface area (TPSA) is 24.5 Å². The van der Waals surface area contributed by atoms with Gasteiger partial charge in [-0.15, -0.1) is 0 Å². The van der Waals surface area contributed by atoms with Crippen molar-refractivity contribution in [3.05, 3.63) is 29.8 Å². The number of para-hydroxylation sites is 1. The summed E-state index contributed by atoms with van der Waals surface area (Å²) in [5.74, 6) is 1.01. The highest BCUT2D eigenvalue weighted by atomic mass is 16.5. The summed E-state index contributed by atoms with van der Waals surface area (Å²) in [4.78, 5) is 2.55. The van der Waals surface area contributed by atoms with Crippen LogP contribution in [-0.4, -0.2) is 44.2 Å². The van der Waals surface area contributed by atoms with Crippen molar-refractivity contribution >= 4 is 0 Å². The van der Waals surface area contributed by atoms with Crippen LogP contribution in [-0.2, 0) is 6.42 Å². The van der Waals surface area contributed by atoms with Crippen LogP contribution in [0.15, 0.2) is 24.3 Å². The van der Waals surface area contributed by atoms with Crippen molar-refractivity contribution in [3.63, 3.8) is 0 Å². The monoisotopic (exact) mass is 248 g/mol. The van der Waals surface area contributed by atoms with Crippen molar-refractivity contribution in [3.8, 4) is 5.75 Å². The van der Waals surface area contributed by atoms with Crippen molar-refractivity contribution < 1.29 is 4.74 Å². The molecule has 0 saturated carbocycles. The van der Waals surface area contributed by atoms with Crippen LogP contribution in [0.5, 0.6) is 5.75 Å². The third kappa shape index (κ3) is 3.72. The lowest BCUT2D eigenvalue weighted by Gasteiger charge is -2.22. The Morgan fingerprint density at radius 1 is 1.39 bits per heavy atom. The molecule has 0 spiro atoms. The molecule has 1 aromatic carbocycles. The van der Waals surface area contributed by atoms with Crippen molar-refractivity contribution in [1.29, 1.82) is 0 Å². The highest BCUT2D eigenvalue weighted by Crippen LogP contribution is 2.18. The highest BCUT2D eigenvalue weighted by molar-refractivity contribution is 5.33. The Balaban J connectivity index is 1.90. The Hall–Kier alpha value is -1.06. The van der Waals surface area contributed by atoms with E-state index in [0.717, 1.165) is 31.8 Å². The van der Waals surface area contributed by atoms with Crippen LogP contribution in [0.2, 0.25) is 0 Å². The molecule has 1 N–H and O–H groups in total. The van der Waals surface area contributed by atoms with Crippen LogP contribution in [0, 0.1) is 0 Å². The lowest BCUT2D eigenvalue weighted by Crippen LogP contribution is -2.36. The van der Waals surface area contributed by atoms with Gasteiger partial charge in [0.1, 0.15) is 5.75 Å². The molecule has 1 aliphatic rings. The second-order valence-corrected chi connectivity index (χ2v) is 5.07. The number of nitrogens with one attached hydrogen (secondary N) is 1. The zero-order valence-electron chi connectivity index (χ0n) is 11.5. The SMILES string of the molecule is COc1ccccc1CCN1CCCNC(C)C1. The second-order valence-electron chi connectivity index (χ2n) is 5.07. The van der Waals surface area contributed by atoms with Crippen LogP contribution in [0.25, 0.3) is 0 Å². The smallest absolute Gasteiger partial charge is 0.122 e. The number of nitrogens with zero attached hydrogens (tertiary/aromatic N) is 1. The number of ether oxygens (including phenoxy) is 1. The summed E-state index contributed by atoms with van der Waals surface area (Å²) in [6.07, 6.45) is 2.31. The number of hydrogen-bond donors (Lipinski definition) is 1. The first-order valence-corrected chi connectivity index (χ1v) is 6.87. The van der Waals surface area contributed by atoms with Crippen molar-refractivity contribution in [2.24, 2.45) is 0 Å². The highest BCUT2D eigenvalue weighted by Gasteiger charge is 2.14. The number of methoxy groups -OCH3 is 1. The Labute approximate surface area is 110 Å². The predicted molar refractivity (Wildman–Crippen MR) is 75.2 cm³/mol. The molecule has 3 nitrogen and oxygen atoms in total. The summed E-state index contributed by atoms with van der Waals surface area (Å²) in [6.45, 7) is 6.88. The molecular weight excluding hydrogens is 224 g/mol. The van der Waals surface area contributed by atoms with Crippen LogP contribution < -0.4 is 10.1 Å². The number of rotatable bonds is 4. The van der Waals surface area contributed by atoms with Gasteiger partial charge >= 0.3 is 0 Å². The molecule has 2 rings (SSSR count). The van der Waals surface area contributed by atoms with E-state index in [1.807, 2.05) is 12.1 Å². The van der Waals surface area contributed by atoms with Gasteiger partial charge in [-0.1, -0.05) is 18.2 Å². The van der Waals surface area contributed by atoms with E-state index in [9.17, 15) is 0 Å². The van der Waals surface area contributed by atoms with E-state index in [2.05, 4.69) is 29.3 Å². The van der Waals surface area contributed by atoms with E-state index >= 15 is 0 Å². The van der Waals surface area contributed by atoms with E-state index in [4.69, 9.17) is 4.74 Å². The molecule has 0 radical (unpaired) electrons. The minimum atomic E-state index is 0.602. The van der Waals surface area contributed by atoms with E-state index in [-0.39, 0.29) is 0 Å². The third-order valence-corrected chi connectivity index (χ3v) is 3.57. The molecule has 0 aromatic heterocycles. The quantitative estimate of drug-likeness (QED) is 0.881. The van der Waals surface area contributed by atoms with Crippen LogP contribution in [0.3, 0.4) is 0 Å². The molecule has 18 heavy (non-hydrogen) atoms. The summed E-state index contributed by atoms with van der Waals surface area (Å²) < 4.78 is 5.40. The lowest BCUT2D eigenvalue weighted by molar-refractivity contribution is 0.275. The molecule has 100 valence electrons. The fourth-order valence-electron chi connectivity index (χ4n) is 2.59. The van der Waals surface area contributed by atoms with Gasteiger partial charge in [0.05, 0.1) is 7.11 Å². The molecule has 1 unspecified atom stereocenters. The minimum Gasteiger partial charge on any atom is -0.496 e. The second kappa shape index (κ2) is 6.76. The Bertz CT molecular complexity index is 367. The van der Waals surface area contributed by atoms with Gasteiger partial charge in [-0.2, -0.15) is 0 Å². The Morgan fingerprint density at radius 2 is 2.22 bits per heavy atom. The Kier molecular flexibility index (Phi) is 5.02. The summed E-state index contributed by atoms with van der Waals surface area (Å²) in [5.41, 5.74) is 1.31. The van der Waals surface area contributed by atoms with Gasteiger partial charge < -0.3 is 15.0 Å². The van der Waals surface area contributed by atoms with Crippen molar-refractivity contribution in [2.75, 3.05) is 33.3 Å². The van der Waals surface area contributed by atoms with E-state index in [1.165, 1.54) is 18.5 Å². The molecule has 0 amide bonds. The van der Waals surface area contributed by atoms with Gasteiger partial charge in [0.15, 0.2) is 0 Å². The zero-order chi connectivity index (χ0) is 12.8. The van der Waals surface area contributed by atoms with Gasteiger partial charge in [0, 0.05) is 19.1 Å². The number of benzene rings is 1. The van der Waals surface area contributed by atoms with Gasteiger partial charge in [0.2, 0.25) is 0 Å². The molecule has 1 saturated heterocycles. The van der Waals surface area contributed by atoms with E-state index in [0.29, 0.717) is 6.04 Å². The summed E-state index contributed by atoms with van der Waals surface area (Å²) >= 11 is 0. The van der Waals surface area contributed by atoms with Crippen molar-refractivity contribution in [2.45, 2.75) is 25.8 Å². The average Bonchev–Trinajstić information content (AvgIpc) is 2.61. The Morgan fingerprint density at radius 3 is 3.06 bits per heavy atom. The molecular formula is C15H24N2O. The maximum absolute atomic E-state index is 5.40. The first kappa shape index (κ1) is 13.4. The molecule has 1 atom stereocenters. The molecule has 3 heteroatoms. The molecule has 1 aromatic rings. The average molecular weight is 248 g/mol. The third-order valence-electron chi connectivity index (χ3n) is 3.57. The maximum atomic E-state index is 5.40. The van der Waals surface area contributed by atoms with E-state index in [1.54, 1.807) is 7.11 Å². The van der Waals surface area contributed by atoms with Crippen LogP contribution in [0.4, 0.5) is 0 Å². The first-order chi connectivity index (χ1) is 8.79. The largest absolute Gasteiger partial charge is 0.496 e. The summed E-state index contributed by atoms with van der Waals surface area (Å²) in [7, 11) is 1.75. The van der Waals surface area contributed by atoms with Crippen LogP contribution in [0.1, 0.15) is 18.9 Å². The predicted octanol–water partition coefficient (Wildman–Crippen LogP) is 1.92. The lowest BCUT2D eigenvalue weighted by atomic mass is 10.1. The fourth-order valence-corrected chi connectivity index (χ4v) is 2.59. The molecule has 0 bridgehead atoms. The molecule has 1 fully saturated rings. The molecule has 1 heterocycles. The summed E-state index contributed by atoms with van der Waals surface area (Å²) in [5, 5.41) is 3.53. The van der Waals surface area contributed by atoms with Gasteiger partial charge in [-0.3, -0.25) is 0 Å². The zero-order valence-corrected chi connectivity index (χ0v) is 11.5. The van der Waals surface area contributed by atoms with Gasteiger partial charge in [-0.05, 0) is 44.5 Å². The van der Waals surface area contributed by atoms with E-state index < -0.39 is 0 Å². The van der Waals surface area contributed by atoms with Crippen LogP contribution >= 0.6 is 0 Å². The standard InChI is InChI=1S/C15H24N2O/c1-13-12-17(10-5-9-16-13)11-8-14-6-3-4-7-15(14)18-2/h3-4,6-7,13,16H,5,8-12H2,1-2H3. The first-order valence-electron chi connectivity index (χ1n) is 6.87. The van der Waals surface area contributed by atoms with Crippen molar-refractivity contribution in [1.82, 2.24) is 10.2 Å². The van der Waals surface area contributed by atoms with Gasteiger partial charge in [0.25, 0.3) is 0 Å². The van der Waals surface area contributed by atoms with Gasteiger partial charge in [-0.25, -0.2) is 0 Å². The normalized spacial score (nSPS) is 21.6. The molecule has 0 aliphatic carbocycles. The maximum Gasteiger partial charge on any atom is 0.122 e. The molecule has 1 aliphatic heterocycles. The number of hydrogen-bond acceptors (Lipinski definition) is 3.